The molecule has 1 atom stereocenters. The Morgan fingerprint density at radius 2 is 1.84 bits per heavy atom. The molecule has 0 saturated carbocycles. The van der Waals surface area contributed by atoms with Crippen molar-refractivity contribution >= 4 is 6.29 Å². The van der Waals surface area contributed by atoms with Crippen LogP contribution in [0.1, 0.15) is 86.2 Å². The molecule has 0 N–H and O–H groups in total. The van der Waals surface area contributed by atoms with Gasteiger partial charge in [-0.15, -0.1) is 0 Å². The zero-order chi connectivity index (χ0) is 14.1. The second-order valence-corrected chi connectivity index (χ2v) is 5.49. The fourth-order valence-electron chi connectivity index (χ4n) is 2.82. The number of rotatable bonds is 9. The summed E-state index contributed by atoms with van der Waals surface area (Å²) in [4.78, 5) is 11.0. The molecule has 0 bridgehead atoms. The van der Waals surface area contributed by atoms with E-state index in [-0.39, 0.29) is 0 Å². The van der Waals surface area contributed by atoms with Crippen LogP contribution in [0.25, 0.3) is 0 Å². The molecular weight excluding hydrogens is 232 g/mol. The van der Waals surface area contributed by atoms with Crippen LogP contribution in [0.3, 0.4) is 0 Å². The highest BCUT2D eigenvalue weighted by Gasteiger charge is 2.13. The Balaban J connectivity index is 2.61. The molecule has 1 aromatic carbocycles. The number of benzene rings is 1. The summed E-state index contributed by atoms with van der Waals surface area (Å²) in [5.41, 5.74) is 3.41. The smallest absolute Gasteiger partial charge is 0.150 e. The van der Waals surface area contributed by atoms with E-state index in [0.717, 1.165) is 18.3 Å². The molecule has 19 heavy (non-hydrogen) atoms. The fourth-order valence-corrected chi connectivity index (χ4v) is 2.82. The van der Waals surface area contributed by atoms with Crippen LogP contribution in [0.2, 0.25) is 0 Å². The highest BCUT2D eigenvalue weighted by Crippen LogP contribution is 2.29. The van der Waals surface area contributed by atoms with Crippen molar-refractivity contribution in [1.82, 2.24) is 0 Å². The minimum absolute atomic E-state index is 0.613. The lowest BCUT2D eigenvalue weighted by molar-refractivity contribution is 0.112. The average Bonchev–Trinajstić information content (AvgIpc) is 2.44. The van der Waals surface area contributed by atoms with Gasteiger partial charge in [0.2, 0.25) is 0 Å². The standard InChI is InChI=1S/C18H28O/c1-4-6-7-8-9-11-16(5-2)18-13-10-12-17(14-19)15(18)3/h10,12-14,16H,4-9,11H2,1-3H3. The van der Waals surface area contributed by atoms with E-state index in [1.807, 2.05) is 12.1 Å². The Labute approximate surface area is 118 Å². The number of aldehydes is 1. The van der Waals surface area contributed by atoms with Gasteiger partial charge in [-0.3, -0.25) is 4.79 Å². The van der Waals surface area contributed by atoms with Gasteiger partial charge in [-0.25, -0.2) is 0 Å². The molecule has 0 radical (unpaired) electrons. The Morgan fingerprint density at radius 1 is 1.11 bits per heavy atom. The first kappa shape index (κ1) is 15.9. The summed E-state index contributed by atoms with van der Waals surface area (Å²) in [6.07, 6.45) is 10.1. The normalized spacial score (nSPS) is 12.4. The van der Waals surface area contributed by atoms with Crippen molar-refractivity contribution in [3.63, 3.8) is 0 Å². The van der Waals surface area contributed by atoms with E-state index in [1.165, 1.54) is 49.7 Å². The molecule has 0 aliphatic carbocycles. The van der Waals surface area contributed by atoms with Crippen molar-refractivity contribution in [2.75, 3.05) is 0 Å². The highest BCUT2D eigenvalue weighted by molar-refractivity contribution is 5.77. The van der Waals surface area contributed by atoms with E-state index in [0.29, 0.717) is 5.92 Å². The first-order chi connectivity index (χ1) is 9.24. The third kappa shape index (κ3) is 4.81. The molecule has 1 unspecified atom stereocenters. The maximum atomic E-state index is 11.0. The molecule has 1 rings (SSSR count). The Kier molecular flexibility index (Phi) is 7.47. The lowest BCUT2D eigenvalue weighted by atomic mass is 9.86. The third-order valence-corrected chi connectivity index (χ3v) is 4.13. The van der Waals surface area contributed by atoms with Gasteiger partial charge >= 0.3 is 0 Å². The maximum absolute atomic E-state index is 11.0. The summed E-state index contributed by atoms with van der Waals surface area (Å²) < 4.78 is 0. The maximum Gasteiger partial charge on any atom is 0.150 e. The zero-order valence-electron chi connectivity index (χ0n) is 12.7. The van der Waals surface area contributed by atoms with Crippen LogP contribution >= 0.6 is 0 Å². The first-order valence-corrected chi connectivity index (χ1v) is 7.79. The van der Waals surface area contributed by atoms with Crippen molar-refractivity contribution in [3.05, 3.63) is 34.9 Å². The van der Waals surface area contributed by atoms with E-state index in [4.69, 9.17) is 0 Å². The van der Waals surface area contributed by atoms with Crippen molar-refractivity contribution < 1.29 is 4.79 Å². The number of hydrogen-bond acceptors (Lipinski definition) is 1. The first-order valence-electron chi connectivity index (χ1n) is 7.79. The van der Waals surface area contributed by atoms with Crippen molar-refractivity contribution in [3.8, 4) is 0 Å². The molecule has 0 saturated heterocycles. The minimum Gasteiger partial charge on any atom is -0.298 e. The van der Waals surface area contributed by atoms with Crippen LogP contribution in [0.15, 0.2) is 18.2 Å². The molecule has 0 amide bonds. The molecular formula is C18H28O. The molecule has 0 aliphatic rings. The topological polar surface area (TPSA) is 17.1 Å². The van der Waals surface area contributed by atoms with Crippen molar-refractivity contribution in [2.24, 2.45) is 0 Å². The molecule has 0 aliphatic heterocycles. The van der Waals surface area contributed by atoms with Crippen molar-refractivity contribution in [2.45, 2.75) is 71.6 Å². The summed E-state index contributed by atoms with van der Waals surface area (Å²) in [6.45, 7) is 6.59. The second kappa shape index (κ2) is 8.90. The predicted molar refractivity (Wildman–Crippen MR) is 83.0 cm³/mol. The van der Waals surface area contributed by atoms with E-state index in [9.17, 15) is 4.79 Å². The molecule has 1 heteroatoms. The van der Waals surface area contributed by atoms with E-state index in [1.54, 1.807) is 0 Å². The summed E-state index contributed by atoms with van der Waals surface area (Å²) in [7, 11) is 0. The Hall–Kier alpha value is -1.11. The van der Waals surface area contributed by atoms with Gasteiger partial charge in [0, 0.05) is 5.56 Å². The summed E-state index contributed by atoms with van der Waals surface area (Å²) >= 11 is 0. The molecule has 106 valence electrons. The van der Waals surface area contributed by atoms with Gasteiger partial charge in [-0.1, -0.05) is 64.2 Å². The second-order valence-electron chi connectivity index (χ2n) is 5.49. The monoisotopic (exact) mass is 260 g/mol. The van der Waals surface area contributed by atoms with Gasteiger partial charge < -0.3 is 0 Å². The van der Waals surface area contributed by atoms with Crippen LogP contribution in [0.5, 0.6) is 0 Å². The Morgan fingerprint density at radius 3 is 2.47 bits per heavy atom. The summed E-state index contributed by atoms with van der Waals surface area (Å²) in [5.74, 6) is 0.613. The highest BCUT2D eigenvalue weighted by atomic mass is 16.1. The van der Waals surface area contributed by atoms with Gasteiger partial charge in [-0.05, 0) is 36.8 Å². The van der Waals surface area contributed by atoms with Crippen molar-refractivity contribution in [1.29, 1.82) is 0 Å². The molecule has 0 heterocycles. The SMILES string of the molecule is CCCCCCCC(CC)c1cccc(C=O)c1C. The van der Waals surface area contributed by atoms with Gasteiger partial charge in [-0.2, -0.15) is 0 Å². The van der Waals surface area contributed by atoms with E-state index in [2.05, 4.69) is 26.8 Å². The molecule has 0 fully saturated rings. The molecule has 1 aromatic rings. The van der Waals surface area contributed by atoms with Crippen LogP contribution in [0.4, 0.5) is 0 Å². The number of unbranched alkanes of at least 4 members (excludes halogenated alkanes) is 4. The lowest BCUT2D eigenvalue weighted by Crippen LogP contribution is -2.02. The average molecular weight is 260 g/mol. The third-order valence-electron chi connectivity index (χ3n) is 4.13. The minimum atomic E-state index is 0.613. The van der Waals surface area contributed by atoms with Crippen LogP contribution < -0.4 is 0 Å². The summed E-state index contributed by atoms with van der Waals surface area (Å²) in [5, 5.41) is 0. The van der Waals surface area contributed by atoms with Crippen LogP contribution in [-0.2, 0) is 0 Å². The van der Waals surface area contributed by atoms with Crippen LogP contribution in [0, 0.1) is 6.92 Å². The molecule has 0 spiro atoms. The molecule has 0 aromatic heterocycles. The lowest BCUT2D eigenvalue weighted by Gasteiger charge is -2.18. The summed E-state index contributed by atoms with van der Waals surface area (Å²) in [6, 6.07) is 6.13. The Bertz CT molecular complexity index is 381. The van der Waals surface area contributed by atoms with E-state index < -0.39 is 0 Å². The number of carbonyl (C=O) groups excluding carboxylic acids is 1. The number of carbonyl (C=O) groups is 1. The zero-order valence-corrected chi connectivity index (χ0v) is 12.7. The van der Waals surface area contributed by atoms with E-state index >= 15 is 0 Å². The van der Waals surface area contributed by atoms with Gasteiger partial charge in [0.25, 0.3) is 0 Å². The number of hydrogen-bond donors (Lipinski definition) is 0. The van der Waals surface area contributed by atoms with Gasteiger partial charge in [0.05, 0.1) is 0 Å². The fraction of sp³-hybridized carbons (Fsp3) is 0.611. The predicted octanol–water partition coefficient (Wildman–Crippen LogP) is 5.66. The van der Waals surface area contributed by atoms with Crippen LogP contribution in [-0.4, -0.2) is 6.29 Å². The quantitative estimate of drug-likeness (QED) is 0.413. The van der Waals surface area contributed by atoms with Gasteiger partial charge in [0.1, 0.15) is 6.29 Å². The largest absolute Gasteiger partial charge is 0.298 e. The van der Waals surface area contributed by atoms with Gasteiger partial charge in [0.15, 0.2) is 0 Å². The molecule has 1 nitrogen and oxygen atoms in total.